The Morgan fingerprint density at radius 3 is 2.62 bits per heavy atom. The highest BCUT2D eigenvalue weighted by Gasteiger charge is 2.40. The Morgan fingerprint density at radius 1 is 1.31 bits per heavy atom. The lowest BCUT2D eigenvalue weighted by atomic mass is 9.83. The van der Waals surface area contributed by atoms with Crippen LogP contribution in [0.25, 0.3) is 0 Å². The number of hydrogen-bond donors (Lipinski definition) is 3. The third-order valence-corrected chi connectivity index (χ3v) is 6.57. The minimum atomic E-state index is -0.404. The molecule has 0 bridgehead atoms. The number of nitrogens with one attached hydrogen (secondary N) is 3. The van der Waals surface area contributed by atoms with E-state index >= 15 is 0 Å². The number of rotatable bonds is 6. The first-order valence-electron chi connectivity index (χ1n) is 9.80. The zero-order valence-corrected chi connectivity index (χ0v) is 18.1. The number of amides is 2. The average Bonchev–Trinajstić information content (AvgIpc) is 3.14. The molecule has 1 saturated heterocycles. The molecule has 0 spiro atoms. The first-order chi connectivity index (χ1) is 13.7. The van der Waals surface area contributed by atoms with Crippen molar-refractivity contribution in [3.63, 3.8) is 0 Å². The fourth-order valence-electron chi connectivity index (χ4n) is 3.28. The standard InChI is InChI=1S/C22H28N4O2S/c1-14(2)22(4)11-19(27)26(21(23)25-22)12-18-10-17(13-29-18)20(28)24-15(3)16-8-6-5-7-9-16/h5-10,13-15H,11-12H2,1-4H3,(H2,23,25)(H,24,28)/t15-,22-/m0/s1. The molecule has 1 aliphatic rings. The van der Waals surface area contributed by atoms with Gasteiger partial charge in [-0.25, -0.2) is 0 Å². The van der Waals surface area contributed by atoms with Gasteiger partial charge >= 0.3 is 0 Å². The van der Waals surface area contributed by atoms with Crippen LogP contribution in [-0.2, 0) is 11.3 Å². The number of carbonyl (C=O) groups excluding carboxylic acids is 2. The second kappa shape index (κ2) is 8.37. The molecule has 1 aromatic heterocycles. The van der Waals surface area contributed by atoms with Crippen molar-refractivity contribution >= 4 is 29.1 Å². The van der Waals surface area contributed by atoms with E-state index in [1.54, 1.807) is 11.4 Å². The van der Waals surface area contributed by atoms with Crippen LogP contribution in [0.2, 0.25) is 0 Å². The van der Waals surface area contributed by atoms with Gasteiger partial charge in [-0.15, -0.1) is 11.3 Å². The highest BCUT2D eigenvalue weighted by molar-refractivity contribution is 7.10. The summed E-state index contributed by atoms with van der Waals surface area (Å²) in [7, 11) is 0. The largest absolute Gasteiger partial charge is 0.350 e. The molecule has 0 unspecified atom stereocenters. The molecule has 6 nitrogen and oxygen atoms in total. The molecule has 0 saturated carbocycles. The van der Waals surface area contributed by atoms with Gasteiger partial charge in [0.25, 0.3) is 5.91 Å². The monoisotopic (exact) mass is 412 g/mol. The summed E-state index contributed by atoms with van der Waals surface area (Å²) in [4.78, 5) is 27.5. The number of thiophene rings is 1. The predicted octanol–water partition coefficient (Wildman–Crippen LogP) is 3.91. The van der Waals surface area contributed by atoms with Gasteiger partial charge in [0.15, 0.2) is 5.96 Å². The summed E-state index contributed by atoms with van der Waals surface area (Å²) >= 11 is 1.43. The molecule has 7 heteroatoms. The lowest BCUT2D eigenvalue weighted by Crippen LogP contribution is -2.62. The van der Waals surface area contributed by atoms with Crippen molar-refractivity contribution in [2.75, 3.05) is 0 Å². The second-order valence-electron chi connectivity index (χ2n) is 8.11. The number of carbonyl (C=O) groups is 2. The van der Waals surface area contributed by atoms with E-state index in [9.17, 15) is 9.59 Å². The molecule has 3 rings (SSSR count). The topological polar surface area (TPSA) is 85.3 Å². The summed E-state index contributed by atoms with van der Waals surface area (Å²) in [5, 5.41) is 16.3. The second-order valence-corrected chi connectivity index (χ2v) is 9.11. The third kappa shape index (κ3) is 4.67. The minimum absolute atomic E-state index is 0.0675. The van der Waals surface area contributed by atoms with E-state index in [-0.39, 0.29) is 29.7 Å². The summed E-state index contributed by atoms with van der Waals surface area (Å²) < 4.78 is 0. The van der Waals surface area contributed by atoms with Crippen LogP contribution >= 0.6 is 11.3 Å². The number of benzene rings is 1. The maximum absolute atomic E-state index is 12.6. The predicted molar refractivity (Wildman–Crippen MR) is 116 cm³/mol. The van der Waals surface area contributed by atoms with Crippen molar-refractivity contribution in [2.24, 2.45) is 5.92 Å². The summed E-state index contributed by atoms with van der Waals surface area (Å²) in [5.74, 6) is 0.142. The molecule has 2 aromatic rings. The van der Waals surface area contributed by atoms with Crippen LogP contribution in [0.5, 0.6) is 0 Å². The summed E-state index contributed by atoms with van der Waals surface area (Å²) in [5.41, 5.74) is 1.21. The molecular weight excluding hydrogens is 384 g/mol. The van der Waals surface area contributed by atoms with E-state index in [0.717, 1.165) is 10.4 Å². The molecule has 2 amide bonds. The Morgan fingerprint density at radius 2 is 2.00 bits per heavy atom. The molecule has 3 N–H and O–H groups in total. The molecule has 1 aliphatic heterocycles. The van der Waals surface area contributed by atoms with Crippen LogP contribution in [-0.4, -0.2) is 28.2 Å². The minimum Gasteiger partial charge on any atom is -0.350 e. The van der Waals surface area contributed by atoms with Crippen molar-refractivity contribution in [1.82, 2.24) is 15.5 Å². The number of nitrogens with zero attached hydrogens (tertiary/aromatic N) is 1. The fraction of sp³-hybridized carbons (Fsp3) is 0.409. The van der Waals surface area contributed by atoms with Gasteiger partial charge < -0.3 is 10.6 Å². The van der Waals surface area contributed by atoms with Crippen LogP contribution in [0.4, 0.5) is 0 Å². The van der Waals surface area contributed by atoms with Gasteiger partial charge in [-0.1, -0.05) is 44.2 Å². The zero-order chi connectivity index (χ0) is 21.2. The van der Waals surface area contributed by atoms with Crippen LogP contribution in [0.1, 0.15) is 61.0 Å². The average molecular weight is 413 g/mol. The number of hydrogen-bond acceptors (Lipinski definition) is 4. The maximum atomic E-state index is 12.6. The zero-order valence-electron chi connectivity index (χ0n) is 17.3. The first-order valence-corrected chi connectivity index (χ1v) is 10.7. The Bertz CT molecular complexity index is 889. The van der Waals surface area contributed by atoms with Crippen molar-refractivity contribution in [3.8, 4) is 0 Å². The van der Waals surface area contributed by atoms with Crippen molar-refractivity contribution < 1.29 is 9.59 Å². The molecule has 0 radical (unpaired) electrons. The van der Waals surface area contributed by atoms with E-state index in [2.05, 4.69) is 10.6 Å². The van der Waals surface area contributed by atoms with Crippen LogP contribution < -0.4 is 10.6 Å². The molecule has 1 fully saturated rings. The molecule has 2 heterocycles. The normalized spacial score (nSPS) is 20.5. The van der Waals surface area contributed by atoms with Crippen LogP contribution in [0.3, 0.4) is 0 Å². The van der Waals surface area contributed by atoms with Crippen LogP contribution in [0.15, 0.2) is 41.8 Å². The van der Waals surface area contributed by atoms with E-state index in [1.807, 2.05) is 58.0 Å². The lowest BCUT2D eigenvalue weighted by molar-refractivity contribution is -0.131. The quantitative estimate of drug-likeness (QED) is 0.672. The molecule has 2 atom stereocenters. The van der Waals surface area contributed by atoms with Gasteiger partial charge in [-0.3, -0.25) is 19.9 Å². The molecule has 1 aromatic carbocycles. The first kappa shape index (κ1) is 21.0. The van der Waals surface area contributed by atoms with Gasteiger partial charge in [-0.2, -0.15) is 0 Å². The summed E-state index contributed by atoms with van der Waals surface area (Å²) in [6.07, 6.45) is 0.348. The van der Waals surface area contributed by atoms with Crippen LogP contribution in [0, 0.1) is 11.3 Å². The molecule has 29 heavy (non-hydrogen) atoms. The highest BCUT2D eigenvalue weighted by Crippen LogP contribution is 2.27. The van der Waals surface area contributed by atoms with E-state index in [4.69, 9.17) is 5.41 Å². The highest BCUT2D eigenvalue weighted by atomic mass is 32.1. The Labute approximate surface area is 175 Å². The Balaban J connectivity index is 1.64. The van der Waals surface area contributed by atoms with E-state index < -0.39 is 5.54 Å². The van der Waals surface area contributed by atoms with Crippen molar-refractivity contribution in [3.05, 3.63) is 57.8 Å². The smallest absolute Gasteiger partial charge is 0.252 e. The summed E-state index contributed by atoms with van der Waals surface area (Å²) in [6, 6.07) is 11.5. The number of guanidine groups is 1. The molecular formula is C22H28N4O2S. The van der Waals surface area contributed by atoms with Gasteiger partial charge in [0, 0.05) is 15.8 Å². The van der Waals surface area contributed by atoms with Gasteiger partial charge in [0.05, 0.1) is 24.6 Å². The van der Waals surface area contributed by atoms with Gasteiger partial charge in [0.2, 0.25) is 5.91 Å². The Hall–Kier alpha value is -2.67. The maximum Gasteiger partial charge on any atom is 0.252 e. The molecule has 154 valence electrons. The fourth-order valence-corrected chi connectivity index (χ4v) is 4.13. The Kier molecular flexibility index (Phi) is 6.07. The lowest BCUT2D eigenvalue weighted by Gasteiger charge is -2.43. The van der Waals surface area contributed by atoms with E-state index in [1.165, 1.54) is 16.2 Å². The van der Waals surface area contributed by atoms with Crippen molar-refractivity contribution in [1.29, 1.82) is 5.41 Å². The summed E-state index contributed by atoms with van der Waals surface area (Å²) in [6.45, 7) is 8.31. The molecule has 0 aliphatic carbocycles. The SMILES string of the molecule is CC(C)[C@]1(C)CC(=O)N(Cc2cc(C(=O)N[C@@H](C)c3ccccc3)cs2)C(=N)N1. The van der Waals surface area contributed by atoms with E-state index in [0.29, 0.717) is 18.5 Å². The third-order valence-electron chi connectivity index (χ3n) is 5.64. The van der Waals surface area contributed by atoms with Crippen molar-refractivity contribution in [2.45, 2.75) is 52.2 Å². The van der Waals surface area contributed by atoms with Gasteiger partial charge in [-0.05, 0) is 31.4 Å². The van der Waals surface area contributed by atoms with Gasteiger partial charge in [0.1, 0.15) is 0 Å².